The second-order valence-corrected chi connectivity index (χ2v) is 6.58. The van der Waals surface area contributed by atoms with Crippen LogP contribution in [0.25, 0.3) is 0 Å². The SMILES string of the molecule is CC(C)(C)c1ccccc1C(CCC1CC1)NN. The largest absolute Gasteiger partial charge is 0.271 e. The lowest BCUT2D eigenvalue weighted by molar-refractivity contribution is 0.467. The summed E-state index contributed by atoms with van der Waals surface area (Å²) in [7, 11) is 0. The Bertz CT molecular complexity index is 388. The molecule has 0 radical (unpaired) electrons. The summed E-state index contributed by atoms with van der Waals surface area (Å²) in [4.78, 5) is 0. The van der Waals surface area contributed by atoms with Gasteiger partial charge in [0.2, 0.25) is 0 Å². The van der Waals surface area contributed by atoms with Crippen LogP contribution in [-0.4, -0.2) is 0 Å². The summed E-state index contributed by atoms with van der Waals surface area (Å²) < 4.78 is 0. The van der Waals surface area contributed by atoms with Crippen molar-refractivity contribution >= 4 is 0 Å². The van der Waals surface area contributed by atoms with E-state index in [1.54, 1.807) is 0 Å². The van der Waals surface area contributed by atoms with Crippen molar-refractivity contribution in [1.29, 1.82) is 0 Å². The summed E-state index contributed by atoms with van der Waals surface area (Å²) in [5, 5.41) is 0. The summed E-state index contributed by atoms with van der Waals surface area (Å²) in [5.41, 5.74) is 5.96. The second-order valence-electron chi connectivity index (χ2n) is 6.58. The molecule has 0 heterocycles. The van der Waals surface area contributed by atoms with Crippen molar-refractivity contribution in [2.45, 2.75) is 57.9 Å². The van der Waals surface area contributed by atoms with Gasteiger partial charge in [-0.2, -0.15) is 0 Å². The Labute approximate surface area is 111 Å². The molecule has 1 saturated carbocycles. The molecule has 2 nitrogen and oxygen atoms in total. The predicted octanol–water partition coefficient (Wildman–Crippen LogP) is 3.68. The highest BCUT2D eigenvalue weighted by molar-refractivity contribution is 5.35. The number of rotatable bonds is 5. The Morgan fingerprint density at radius 3 is 2.50 bits per heavy atom. The van der Waals surface area contributed by atoms with E-state index in [1.807, 2.05) is 0 Å². The van der Waals surface area contributed by atoms with Gasteiger partial charge in [0.05, 0.1) is 0 Å². The molecule has 100 valence electrons. The van der Waals surface area contributed by atoms with E-state index in [0.717, 1.165) is 12.3 Å². The number of hydrogen-bond donors (Lipinski definition) is 2. The molecule has 2 heteroatoms. The molecule has 18 heavy (non-hydrogen) atoms. The van der Waals surface area contributed by atoms with Crippen LogP contribution in [0.15, 0.2) is 24.3 Å². The molecule has 1 aromatic carbocycles. The van der Waals surface area contributed by atoms with E-state index in [-0.39, 0.29) is 5.41 Å². The summed E-state index contributed by atoms with van der Waals surface area (Å²) in [6.45, 7) is 6.79. The Morgan fingerprint density at radius 2 is 1.94 bits per heavy atom. The normalized spacial score (nSPS) is 17.8. The molecule has 1 atom stereocenters. The second kappa shape index (κ2) is 5.41. The van der Waals surface area contributed by atoms with Crippen molar-refractivity contribution in [1.82, 2.24) is 5.43 Å². The zero-order valence-electron chi connectivity index (χ0n) is 11.9. The molecule has 1 aliphatic carbocycles. The average Bonchev–Trinajstić information content (AvgIpc) is 3.13. The van der Waals surface area contributed by atoms with E-state index in [2.05, 4.69) is 50.5 Å². The van der Waals surface area contributed by atoms with Crippen molar-refractivity contribution in [3.05, 3.63) is 35.4 Å². The van der Waals surface area contributed by atoms with Crippen LogP contribution in [0.5, 0.6) is 0 Å². The summed E-state index contributed by atoms with van der Waals surface area (Å²) in [6.07, 6.45) is 5.28. The quantitative estimate of drug-likeness (QED) is 0.614. The van der Waals surface area contributed by atoms with E-state index in [9.17, 15) is 0 Å². The molecule has 0 amide bonds. The molecule has 0 bridgehead atoms. The van der Waals surface area contributed by atoms with Crippen LogP contribution in [0.1, 0.15) is 63.6 Å². The Kier molecular flexibility index (Phi) is 4.08. The van der Waals surface area contributed by atoms with Gasteiger partial charge in [-0.15, -0.1) is 0 Å². The number of benzene rings is 1. The van der Waals surface area contributed by atoms with Crippen molar-refractivity contribution in [3.63, 3.8) is 0 Å². The molecular weight excluding hydrogens is 220 g/mol. The van der Waals surface area contributed by atoms with E-state index in [4.69, 9.17) is 5.84 Å². The van der Waals surface area contributed by atoms with Crippen LogP contribution in [0.2, 0.25) is 0 Å². The summed E-state index contributed by atoms with van der Waals surface area (Å²) >= 11 is 0. The lowest BCUT2D eigenvalue weighted by Crippen LogP contribution is -2.30. The van der Waals surface area contributed by atoms with Crippen molar-refractivity contribution in [3.8, 4) is 0 Å². The van der Waals surface area contributed by atoms with Gasteiger partial charge in [-0.3, -0.25) is 11.3 Å². The van der Waals surface area contributed by atoms with Gasteiger partial charge in [0.1, 0.15) is 0 Å². The molecule has 2 rings (SSSR count). The number of nitrogens with one attached hydrogen (secondary N) is 1. The van der Waals surface area contributed by atoms with E-state index in [1.165, 1.54) is 30.4 Å². The highest BCUT2D eigenvalue weighted by Gasteiger charge is 2.25. The van der Waals surface area contributed by atoms with Gasteiger partial charge < -0.3 is 0 Å². The lowest BCUT2D eigenvalue weighted by Gasteiger charge is -2.27. The minimum Gasteiger partial charge on any atom is -0.271 e. The van der Waals surface area contributed by atoms with Gasteiger partial charge in [0.25, 0.3) is 0 Å². The molecule has 1 unspecified atom stereocenters. The zero-order chi connectivity index (χ0) is 13.2. The van der Waals surface area contributed by atoms with E-state index in [0.29, 0.717) is 6.04 Å². The predicted molar refractivity (Wildman–Crippen MR) is 77.2 cm³/mol. The highest BCUT2D eigenvalue weighted by atomic mass is 15.2. The van der Waals surface area contributed by atoms with Crippen LogP contribution >= 0.6 is 0 Å². The Balaban J connectivity index is 2.17. The summed E-state index contributed by atoms with van der Waals surface area (Å²) in [6, 6.07) is 8.99. The molecule has 3 N–H and O–H groups in total. The lowest BCUT2D eigenvalue weighted by atomic mass is 9.81. The van der Waals surface area contributed by atoms with Crippen LogP contribution in [0.4, 0.5) is 0 Å². The Hall–Kier alpha value is -0.860. The Morgan fingerprint density at radius 1 is 1.28 bits per heavy atom. The maximum atomic E-state index is 5.77. The van der Waals surface area contributed by atoms with Gasteiger partial charge in [0.15, 0.2) is 0 Å². The van der Waals surface area contributed by atoms with Gasteiger partial charge >= 0.3 is 0 Å². The first-order valence-corrected chi connectivity index (χ1v) is 7.08. The third-order valence-electron chi connectivity index (χ3n) is 3.91. The molecule has 0 spiro atoms. The minimum atomic E-state index is 0.172. The minimum absolute atomic E-state index is 0.172. The van der Waals surface area contributed by atoms with Gasteiger partial charge in [-0.1, -0.05) is 57.9 Å². The smallest absolute Gasteiger partial charge is 0.0463 e. The third kappa shape index (κ3) is 3.33. The molecule has 1 aliphatic rings. The van der Waals surface area contributed by atoms with E-state index >= 15 is 0 Å². The highest BCUT2D eigenvalue weighted by Crippen LogP contribution is 2.37. The third-order valence-corrected chi connectivity index (χ3v) is 3.91. The molecule has 0 saturated heterocycles. The standard InChI is InChI=1S/C16H26N2/c1-16(2,3)14-7-5-4-6-13(14)15(18-17)11-10-12-8-9-12/h4-7,12,15,18H,8-11,17H2,1-3H3. The summed E-state index contributed by atoms with van der Waals surface area (Å²) in [5.74, 6) is 6.73. The van der Waals surface area contributed by atoms with Crippen molar-refractivity contribution in [2.24, 2.45) is 11.8 Å². The molecule has 0 aromatic heterocycles. The van der Waals surface area contributed by atoms with Gasteiger partial charge in [-0.25, -0.2) is 0 Å². The van der Waals surface area contributed by atoms with Crippen LogP contribution in [0.3, 0.4) is 0 Å². The van der Waals surface area contributed by atoms with Crippen molar-refractivity contribution in [2.75, 3.05) is 0 Å². The van der Waals surface area contributed by atoms with E-state index < -0.39 is 0 Å². The number of hydrazine groups is 1. The first-order chi connectivity index (χ1) is 8.52. The maximum Gasteiger partial charge on any atom is 0.0463 e. The van der Waals surface area contributed by atoms with Gasteiger partial charge in [0, 0.05) is 6.04 Å². The first kappa shape index (κ1) is 13.6. The monoisotopic (exact) mass is 246 g/mol. The number of nitrogens with two attached hydrogens (primary N) is 1. The molecule has 1 fully saturated rings. The molecular formula is C16H26N2. The first-order valence-electron chi connectivity index (χ1n) is 7.08. The van der Waals surface area contributed by atoms with Crippen LogP contribution in [0, 0.1) is 5.92 Å². The van der Waals surface area contributed by atoms with Gasteiger partial charge in [-0.05, 0) is 35.3 Å². The fourth-order valence-corrected chi connectivity index (χ4v) is 2.62. The molecule has 1 aromatic rings. The average molecular weight is 246 g/mol. The van der Waals surface area contributed by atoms with Crippen LogP contribution < -0.4 is 11.3 Å². The fourth-order valence-electron chi connectivity index (χ4n) is 2.62. The molecule has 0 aliphatic heterocycles. The van der Waals surface area contributed by atoms with Crippen LogP contribution in [-0.2, 0) is 5.41 Å². The van der Waals surface area contributed by atoms with Crippen molar-refractivity contribution < 1.29 is 0 Å². The maximum absolute atomic E-state index is 5.77. The number of hydrogen-bond acceptors (Lipinski definition) is 2. The topological polar surface area (TPSA) is 38.0 Å². The zero-order valence-corrected chi connectivity index (χ0v) is 11.9. The fraction of sp³-hybridized carbons (Fsp3) is 0.625.